The van der Waals surface area contributed by atoms with Gasteiger partial charge in [-0.1, -0.05) is 0 Å². The first-order chi connectivity index (χ1) is 11.4. The van der Waals surface area contributed by atoms with Crippen LogP contribution in [0.2, 0.25) is 0 Å². The van der Waals surface area contributed by atoms with Crippen LogP contribution < -0.4 is 5.56 Å². The smallest absolute Gasteiger partial charge is 0.305 e. The van der Waals surface area contributed by atoms with Gasteiger partial charge in [0.2, 0.25) is 0 Å². The Balaban J connectivity index is 2.32. The van der Waals surface area contributed by atoms with Crippen LogP contribution in [-0.2, 0) is 4.79 Å². The summed E-state index contributed by atoms with van der Waals surface area (Å²) in [6.07, 6.45) is -0.183. The summed E-state index contributed by atoms with van der Waals surface area (Å²) in [5, 5.41) is 12.7. The van der Waals surface area contributed by atoms with Crippen LogP contribution in [0.1, 0.15) is 23.8 Å². The Labute approximate surface area is 137 Å². The molecule has 2 rings (SSSR count). The molecule has 1 aromatic heterocycles. The van der Waals surface area contributed by atoms with Gasteiger partial charge in [-0.05, 0) is 37.3 Å². The zero-order valence-electron chi connectivity index (χ0n) is 13.0. The third-order valence-electron chi connectivity index (χ3n) is 3.36. The molecule has 0 aliphatic carbocycles. The minimum Gasteiger partial charge on any atom is -0.481 e. The van der Waals surface area contributed by atoms with E-state index in [0.29, 0.717) is 12.2 Å². The summed E-state index contributed by atoms with van der Waals surface area (Å²) in [5.41, 5.74) is -0.137. The monoisotopic (exact) mass is 333 g/mol. The van der Waals surface area contributed by atoms with Crippen LogP contribution in [0.5, 0.6) is 0 Å². The highest BCUT2D eigenvalue weighted by Crippen LogP contribution is 2.07. The summed E-state index contributed by atoms with van der Waals surface area (Å²) >= 11 is 0. The van der Waals surface area contributed by atoms with E-state index in [1.807, 2.05) is 0 Å². The molecule has 0 aliphatic rings. The summed E-state index contributed by atoms with van der Waals surface area (Å²) in [6, 6.07) is 7.59. The molecular formula is C16H16FN3O4. The fourth-order valence-electron chi connectivity index (χ4n) is 2.09. The number of amides is 1. The molecule has 0 radical (unpaired) electrons. The van der Waals surface area contributed by atoms with Crippen LogP contribution in [-0.4, -0.2) is 44.8 Å². The predicted molar refractivity (Wildman–Crippen MR) is 83.6 cm³/mol. The van der Waals surface area contributed by atoms with Crippen molar-refractivity contribution in [2.75, 3.05) is 13.1 Å². The van der Waals surface area contributed by atoms with Gasteiger partial charge >= 0.3 is 5.97 Å². The van der Waals surface area contributed by atoms with E-state index >= 15 is 0 Å². The van der Waals surface area contributed by atoms with E-state index in [-0.39, 0.29) is 18.7 Å². The van der Waals surface area contributed by atoms with E-state index in [0.717, 1.165) is 4.68 Å². The summed E-state index contributed by atoms with van der Waals surface area (Å²) in [5.74, 6) is -1.94. The Bertz CT molecular complexity index is 802. The van der Waals surface area contributed by atoms with Gasteiger partial charge in [-0.2, -0.15) is 9.78 Å². The molecule has 0 saturated carbocycles. The molecule has 2 aromatic rings. The first-order valence-electron chi connectivity index (χ1n) is 7.29. The van der Waals surface area contributed by atoms with Gasteiger partial charge in [0.25, 0.3) is 11.5 Å². The number of carbonyl (C=O) groups is 2. The fraction of sp³-hybridized carbons (Fsp3) is 0.250. The number of nitrogens with zero attached hydrogens (tertiary/aromatic N) is 3. The van der Waals surface area contributed by atoms with Crippen molar-refractivity contribution in [3.05, 3.63) is 58.3 Å². The molecule has 0 saturated heterocycles. The molecule has 1 amide bonds. The van der Waals surface area contributed by atoms with E-state index in [1.165, 1.54) is 41.3 Å². The molecule has 1 aromatic carbocycles. The van der Waals surface area contributed by atoms with Crippen LogP contribution in [0.4, 0.5) is 4.39 Å². The number of aromatic nitrogens is 2. The van der Waals surface area contributed by atoms with Crippen LogP contribution in [0, 0.1) is 5.82 Å². The third-order valence-corrected chi connectivity index (χ3v) is 3.36. The van der Waals surface area contributed by atoms with Crippen LogP contribution in [0.25, 0.3) is 5.69 Å². The number of carboxylic acid groups (broad SMARTS) is 1. The normalized spacial score (nSPS) is 10.4. The molecule has 0 spiro atoms. The second kappa shape index (κ2) is 7.49. The maximum absolute atomic E-state index is 13.0. The molecule has 1 N–H and O–H groups in total. The molecule has 0 unspecified atom stereocenters. The average molecular weight is 333 g/mol. The Morgan fingerprint density at radius 1 is 1.21 bits per heavy atom. The van der Waals surface area contributed by atoms with Crippen molar-refractivity contribution in [1.29, 1.82) is 0 Å². The van der Waals surface area contributed by atoms with Gasteiger partial charge in [0, 0.05) is 19.2 Å². The highest BCUT2D eigenvalue weighted by Gasteiger charge is 2.18. The average Bonchev–Trinajstić information content (AvgIpc) is 2.56. The molecule has 126 valence electrons. The van der Waals surface area contributed by atoms with Gasteiger partial charge < -0.3 is 10.0 Å². The standard InChI is InChI=1S/C16H16FN3O4/c1-2-19(10-9-15(22)23)16(24)13-7-8-14(21)20(18-13)12-5-3-11(17)4-6-12/h3-8H,2,9-10H2,1H3,(H,22,23). The molecule has 7 nitrogen and oxygen atoms in total. The molecule has 0 atom stereocenters. The largest absolute Gasteiger partial charge is 0.481 e. The van der Waals surface area contributed by atoms with Gasteiger partial charge in [-0.25, -0.2) is 4.39 Å². The Hall–Kier alpha value is -3.03. The molecule has 1 heterocycles. The number of aliphatic carboxylic acids is 1. The van der Waals surface area contributed by atoms with Crippen LogP contribution in [0.15, 0.2) is 41.2 Å². The van der Waals surface area contributed by atoms with Gasteiger partial charge in [-0.3, -0.25) is 14.4 Å². The Morgan fingerprint density at radius 2 is 1.88 bits per heavy atom. The van der Waals surface area contributed by atoms with E-state index in [2.05, 4.69) is 5.10 Å². The lowest BCUT2D eigenvalue weighted by atomic mass is 10.3. The van der Waals surface area contributed by atoms with Gasteiger partial charge in [0.1, 0.15) is 11.5 Å². The minimum absolute atomic E-state index is 0.00571. The third kappa shape index (κ3) is 4.03. The topological polar surface area (TPSA) is 92.5 Å². The zero-order chi connectivity index (χ0) is 17.7. The van der Waals surface area contributed by atoms with Crippen molar-refractivity contribution in [2.45, 2.75) is 13.3 Å². The number of hydrogen-bond acceptors (Lipinski definition) is 4. The molecule has 0 aliphatic heterocycles. The quantitative estimate of drug-likeness (QED) is 0.860. The SMILES string of the molecule is CCN(CCC(=O)O)C(=O)c1ccc(=O)n(-c2ccc(F)cc2)n1. The molecule has 8 heteroatoms. The van der Waals surface area contributed by atoms with Gasteiger partial charge in [-0.15, -0.1) is 0 Å². The van der Waals surface area contributed by atoms with Crippen LogP contribution >= 0.6 is 0 Å². The highest BCUT2D eigenvalue weighted by atomic mass is 19.1. The van der Waals surface area contributed by atoms with Gasteiger partial charge in [0.15, 0.2) is 0 Å². The number of carboxylic acids is 1. The van der Waals surface area contributed by atoms with Crippen LogP contribution in [0.3, 0.4) is 0 Å². The second-order valence-corrected chi connectivity index (χ2v) is 4.97. The van der Waals surface area contributed by atoms with Crippen molar-refractivity contribution >= 4 is 11.9 Å². The first-order valence-corrected chi connectivity index (χ1v) is 7.29. The van der Waals surface area contributed by atoms with Crippen molar-refractivity contribution in [3.63, 3.8) is 0 Å². The van der Waals surface area contributed by atoms with Crippen molar-refractivity contribution in [1.82, 2.24) is 14.7 Å². The number of carbonyl (C=O) groups excluding carboxylic acids is 1. The summed E-state index contributed by atoms with van der Waals surface area (Å²) in [4.78, 5) is 36.4. The Kier molecular flexibility index (Phi) is 5.41. The molecule has 24 heavy (non-hydrogen) atoms. The maximum atomic E-state index is 13.0. The number of halogens is 1. The number of benzene rings is 1. The van der Waals surface area contributed by atoms with Crippen molar-refractivity contribution in [2.24, 2.45) is 0 Å². The van der Waals surface area contributed by atoms with E-state index in [9.17, 15) is 18.8 Å². The fourth-order valence-corrected chi connectivity index (χ4v) is 2.09. The first kappa shape index (κ1) is 17.3. The molecule has 0 bridgehead atoms. The minimum atomic E-state index is -1.01. The highest BCUT2D eigenvalue weighted by molar-refractivity contribution is 5.92. The van der Waals surface area contributed by atoms with Crippen molar-refractivity contribution in [3.8, 4) is 5.69 Å². The van der Waals surface area contributed by atoms with E-state index in [4.69, 9.17) is 5.11 Å². The molecule has 0 fully saturated rings. The number of rotatable bonds is 6. The van der Waals surface area contributed by atoms with E-state index in [1.54, 1.807) is 6.92 Å². The predicted octanol–water partition coefficient (Wildman–Crippen LogP) is 1.31. The summed E-state index contributed by atoms with van der Waals surface area (Å²) in [7, 11) is 0. The van der Waals surface area contributed by atoms with Gasteiger partial charge in [0.05, 0.1) is 12.1 Å². The maximum Gasteiger partial charge on any atom is 0.305 e. The lowest BCUT2D eigenvalue weighted by Gasteiger charge is -2.19. The van der Waals surface area contributed by atoms with Crippen molar-refractivity contribution < 1.29 is 19.1 Å². The number of hydrogen-bond donors (Lipinski definition) is 1. The lowest BCUT2D eigenvalue weighted by molar-refractivity contribution is -0.137. The summed E-state index contributed by atoms with van der Waals surface area (Å²) in [6.45, 7) is 2.07. The summed E-state index contributed by atoms with van der Waals surface area (Å²) < 4.78 is 14.0. The zero-order valence-corrected chi connectivity index (χ0v) is 13.0. The Morgan fingerprint density at radius 3 is 2.46 bits per heavy atom. The van der Waals surface area contributed by atoms with E-state index < -0.39 is 23.3 Å². The lowest BCUT2D eigenvalue weighted by Crippen LogP contribution is -2.35. The second-order valence-electron chi connectivity index (χ2n) is 4.97. The molecular weight excluding hydrogens is 317 g/mol.